The lowest BCUT2D eigenvalue weighted by Crippen LogP contribution is -2.23. The molecule has 0 fully saturated rings. The van der Waals surface area contributed by atoms with Gasteiger partial charge in [-0.2, -0.15) is 0 Å². The first-order valence-corrected chi connectivity index (χ1v) is 7.30. The summed E-state index contributed by atoms with van der Waals surface area (Å²) in [7, 11) is -2.15. The number of nitrogens with zero attached hydrogens (tertiary/aromatic N) is 1. The van der Waals surface area contributed by atoms with E-state index in [0.717, 1.165) is 0 Å². The summed E-state index contributed by atoms with van der Waals surface area (Å²) < 4.78 is 23.9. The SMILES string of the molecule is CO/N=C1\CCS(=O)(=O)c2ccc(C(=O)O)c(Cl)c21. The third kappa shape index (κ3) is 2.31. The Hall–Kier alpha value is -1.60. The topological polar surface area (TPSA) is 93.0 Å². The Morgan fingerprint density at radius 3 is 2.74 bits per heavy atom. The highest BCUT2D eigenvalue weighted by atomic mass is 35.5. The van der Waals surface area contributed by atoms with E-state index >= 15 is 0 Å². The van der Waals surface area contributed by atoms with Crippen LogP contribution in [-0.4, -0.2) is 38.1 Å². The molecule has 1 N–H and O–H groups in total. The van der Waals surface area contributed by atoms with Crippen molar-refractivity contribution in [2.75, 3.05) is 12.9 Å². The summed E-state index contributed by atoms with van der Waals surface area (Å²) in [4.78, 5) is 15.7. The Morgan fingerprint density at radius 2 is 2.16 bits per heavy atom. The molecule has 0 aliphatic carbocycles. The van der Waals surface area contributed by atoms with E-state index in [1.54, 1.807) is 0 Å². The van der Waals surface area contributed by atoms with Crippen molar-refractivity contribution in [3.63, 3.8) is 0 Å². The lowest BCUT2D eigenvalue weighted by atomic mass is 10.0. The summed E-state index contributed by atoms with van der Waals surface area (Å²) in [5.41, 5.74) is 0.288. The molecule has 0 radical (unpaired) electrons. The van der Waals surface area contributed by atoms with E-state index in [1.165, 1.54) is 19.2 Å². The monoisotopic (exact) mass is 303 g/mol. The number of halogens is 1. The molecule has 0 atom stereocenters. The van der Waals surface area contributed by atoms with Crippen LogP contribution >= 0.6 is 11.6 Å². The predicted octanol–water partition coefficient (Wildman–Crippen LogP) is 1.57. The van der Waals surface area contributed by atoms with Crippen molar-refractivity contribution in [2.45, 2.75) is 11.3 Å². The van der Waals surface area contributed by atoms with Gasteiger partial charge in [0.25, 0.3) is 0 Å². The molecule has 1 aliphatic rings. The van der Waals surface area contributed by atoms with Gasteiger partial charge in [0.15, 0.2) is 9.84 Å². The van der Waals surface area contributed by atoms with Gasteiger partial charge in [0.05, 0.1) is 26.9 Å². The van der Waals surface area contributed by atoms with Crippen LogP contribution in [0.15, 0.2) is 22.2 Å². The van der Waals surface area contributed by atoms with Gasteiger partial charge in [-0.05, 0) is 12.1 Å². The van der Waals surface area contributed by atoms with E-state index in [-0.39, 0.29) is 33.2 Å². The first kappa shape index (κ1) is 13.8. The van der Waals surface area contributed by atoms with Crippen LogP contribution in [0, 0.1) is 0 Å². The van der Waals surface area contributed by atoms with Crippen molar-refractivity contribution in [3.05, 3.63) is 28.3 Å². The number of fused-ring (bicyclic) bond motifs is 1. The van der Waals surface area contributed by atoms with Crippen molar-refractivity contribution in [1.82, 2.24) is 0 Å². The number of carboxylic acids is 1. The molecule has 0 bridgehead atoms. The molecule has 6 nitrogen and oxygen atoms in total. The molecule has 19 heavy (non-hydrogen) atoms. The number of aromatic carboxylic acids is 1. The first-order chi connectivity index (χ1) is 8.88. The largest absolute Gasteiger partial charge is 0.478 e. The third-order valence-corrected chi connectivity index (χ3v) is 4.91. The molecule has 0 amide bonds. The van der Waals surface area contributed by atoms with Crippen LogP contribution in [0.2, 0.25) is 5.02 Å². The van der Waals surface area contributed by atoms with Gasteiger partial charge in [-0.1, -0.05) is 16.8 Å². The minimum Gasteiger partial charge on any atom is -0.478 e. The van der Waals surface area contributed by atoms with Gasteiger partial charge in [0, 0.05) is 12.0 Å². The molecule has 0 aromatic heterocycles. The van der Waals surface area contributed by atoms with Crippen LogP contribution in [0.5, 0.6) is 0 Å². The lowest BCUT2D eigenvalue weighted by molar-refractivity contribution is 0.0697. The molecule has 0 unspecified atom stereocenters. The maximum absolute atomic E-state index is 12.0. The fourth-order valence-corrected chi connectivity index (χ4v) is 3.82. The zero-order valence-corrected chi connectivity index (χ0v) is 11.5. The zero-order valence-electron chi connectivity index (χ0n) is 9.88. The number of benzene rings is 1. The van der Waals surface area contributed by atoms with Gasteiger partial charge in [-0.3, -0.25) is 0 Å². The summed E-state index contributed by atoms with van der Waals surface area (Å²) in [5.74, 6) is -1.34. The second-order valence-corrected chi connectivity index (χ2v) is 6.35. The third-order valence-electron chi connectivity index (χ3n) is 2.77. The van der Waals surface area contributed by atoms with E-state index in [2.05, 4.69) is 9.99 Å². The summed E-state index contributed by atoms with van der Waals surface area (Å²) in [6, 6.07) is 2.42. The normalized spacial score (nSPS) is 18.9. The molecule has 102 valence electrons. The van der Waals surface area contributed by atoms with Crippen molar-refractivity contribution in [1.29, 1.82) is 0 Å². The number of hydrogen-bond donors (Lipinski definition) is 1. The number of carbonyl (C=O) groups is 1. The second kappa shape index (κ2) is 4.82. The van der Waals surface area contributed by atoms with E-state index < -0.39 is 15.8 Å². The summed E-state index contributed by atoms with van der Waals surface area (Å²) in [6.07, 6.45) is 0.131. The van der Waals surface area contributed by atoms with Crippen molar-refractivity contribution in [2.24, 2.45) is 5.16 Å². The van der Waals surface area contributed by atoms with E-state index in [1.807, 2.05) is 0 Å². The van der Waals surface area contributed by atoms with Crippen LogP contribution in [0.25, 0.3) is 0 Å². The van der Waals surface area contributed by atoms with Gasteiger partial charge < -0.3 is 9.94 Å². The minimum absolute atomic E-state index is 0.00968. The zero-order chi connectivity index (χ0) is 14.2. The van der Waals surface area contributed by atoms with Crippen LogP contribution in [0.3, 0.4) is 0 Å². The minimum atomic E-state index is -3.47. The molecule has 0 saturated heterocycles. The Kier molecular flexibility index (Phi) is 3.51. The highest BCUT2D eigenvalue weighted by Crippen LogP contribution is 2.33. The molecule has 1 aromatic carbocycles. The van der Waals surface area contributed by atoms with Gasteiger partial charge in [-0.25, -0.2) is 13.2 Å². The van der Waals surface area contributed by atoms with Crippen LogP contribution in [0.1, 0.15) is 22.3 Å². The van der Waals surface area contributed by atoms with Gasteiger partial charge in [0.2, 0.25) is 0 Å². The van der Waals surface area contributed by atoms with Crippen LogP contribution in [0.4, 0.5) is 0 Å². The lowest BCUT2D eigenvalue weighted by Gasteiger charge is -2.19. The van der Waals surface area contributed by atoms with E-state index in [0.29, 0.717) is 5.71 Å². The molecule has 2 rings (SSSR count). The van der Waals surface area contributed by atoms with Gasteiger partial charge in [0.1, 0.15) is 7.11 Å². The molecule has 1 aliphatic heterocycles. The second-order valence-electron chi connectivity index (χ2n) is 3.89. The highest BCUT2D eigenvalue weighted by molar-refractivity contribution is 7.91. The molecule has 1 heterocycles. The Morgan fingerprint density at radius 1 is 1.47 bits per heavy atom. The average molecular weight is 304 g/mol. The van der Waals surface area contributed by atoms with Gasteiger partial charge >= 0.3 is 5.97 Å². The van der Waals surface area contributed by atoms with Gasteiger partial charge in [-0.15, -0.1) is 0 Å². The maximum Gasteiger partial charge on any atom is 0.337 e. The summed E-state index contributed by atoms with van der Waals surface area (Å²) in [6.45, 7) is 0. The smallest absolute Gasteiger partial charge is 0.337 e. The fraction of sp³-hybridized carbons (Fsp3) is 0.273. The Bertz CT molecular complexity index is 681. The predicted molar refractivity (Wildman–Crippen MR) is 68.6 cm³/mol. The number of rotatable bonds is 2. The fourth-order valence-electron chi connectivity index (χ4n) is 1.92. The highest BCUT2D eigenvalue weighted by Gasteiger charge is 2.32. The molecule has 8 heteroatoms. The molecule has 1 aromatic rings. The number of carboxylic acid groups (broad SMARTS) is 1. The van der Waals surface area contributed by atoms with Crippen molar-refractivity contribution >= 4 is 33.1 Å². The molecular formula is C11H10ClNO5S. The number of oxime groups is 1. The first-order valence-electron chi connectivity index (χ1n) is 5.27. The number of hydrogen-bond acceptors (Lipinski definition) is 5. The Balaban J connectivity index is 2.81. The average Bonchev–Trinajstić information content (AvgIpc) is 2.33. The molecule has 0 saturated carbocycles. The molecular weight excluding hydrogens is 294 g/mol. The summed E-state index contributed by atoms with van der Waals surface area (Å²) >= 11 is 6.00. The van der Waals surface area contributed by atoms with E-state index in [4.69, 9.17) is 16.7 Å². The summed E-state index contributed by atoms with van der Waals surface area (Å²) in [5, 5.41) is 12.6. The standard InChI is InChI=1S/C11H10ClNO5S/c1-18-13-7-4-5-19(16,17)8-3-2-6(11(14)15)10(12)9(7)8/h2-3H,4-5H2,1H3,(H,14,15)/b13-7+. The van der Waals surface area contributed by atoms with Crippen molar-refractivity contribution in [3.8, 4) is 0 Å². The van der Waals surface area contributed by atoms with Crippen LogP contribution < -0.4 is 0 Å². The van der Waals surface area contributed by atoms with Crippen molar-refractivity contribution < 1.29 is 23.2 Å². The number of sulfone groups is 1. The quantitative estimate of drug-likeness (QED) is 0.837. The van der Waals surface area contributed by atoms with Crippen LogP contribution in [-0.2, 0) is 14.7 Å². The Labute approximate surface area is 114 Å². The molecule has 0 spiro atoms. The maximum atomic E-state index is 12.0. The van der Waals surface area contributed by atoms with E-state index in [9.17, 15) is 13.2 Å².